The first-order valence-electron chi connectivity index (χ1n) is 18.3. The van der Waals surface area contributed by atoms with Gasteiger partial charge in [-0.2, -0.15) is 0 Å². The molecule has 0 aliphatic rings. The van der Waals surface area contributed by atoms with Crippen LogP contribution >= 0.6 is 0 Å². The van der Waals surface area contributed by atoms with Crippen molar-refractivity contribution in [2.45, 2.75) is 6.92 Å². The summed E-state index contributed by atoms with van der Waals surface area (Å²) < 4.78 is 0. The van der Waals surface area contributed by atoms with Gasteiger partial charge in [0.1, 0.15) is 0 Å². The Labute approximate surface area is 310 Å². The average molecular weight is 675 g/mol. The molecule has 10 rings (SSSR count). The van der Waals surface area contributed by atoms with Crippen LogP contribution in [0.3, 0.4) is 0 Å². The van der Waals surface area contributed by atoms with Crippen molar-refractivity contribution in [1.82, 2.24) is 0 Å². The van der Waals surface area contributed by atoms with Gasteiger partial charge in [0.2, 0.25) is 0 Å². The standard InChI is InChI=1S/C50H32.C3H6/c1-3-11-33(12-4-1)35-19-24-38(25-20-35)49-45-29-40-16-7-8-17-41(40)30-46(45)50(39-26-21-36(22-27-39)34-13-5-2-6-14-34)48-32-44-42(31-47(48)49)28-23-37-15-9-10-18-43(37)44;1-3-2/h1-32H;3H,1H2,2H3. The van der Waals surface area contributed by atoms with Crippen LogP contribution < -0.4 is 0 Å². The third kappa shape index (κ3) is 5.85. The van der Waals surface area contributed by atoms with E-state index in [1.807, 2.05) is 6.92 Å². The van der Waals surface area contributed by atoms with E-state index in [0.717, 1.165) is 0 Å². The zero-order chi connectivity index (χ0) is 35.7. The average Bonchev–Trinajstić information content (AvgIpc) is 3.22. The summed E-state index contributed by atoms with van der Waals surface area (Å²) in [5, 5.41) is 12.7. The Hall–Kier alpha value is -6.76. The molecule has 0 saturated carbocycles. The molecule has 0 bridgehead atoms. The third-order valence-electron chi connectivity index (χ3n) is 10.4. The van der Waals surface area contributed by atoms with Crippen molar-refractivity contribution in [2.75, 3.05) is 0 Å². The van der Waals surface area contributed by atoms with Gasteiger partial charge in [-0.3, -0.25) is 0 Å². The monoisotopic (exact) mass is 674 g/mol. The van der Waals surface area contributed by atoms with E-state index in [-0.39, 0.29) is 0 Å². The summed E-state index contributed by atoms with van der Waals surface area (Å²) in [6.45, 7) is 5.25. The first-order valence-corrected chi connectivity index (χ1v) is 18.3. The third-order valence-corrected chi connectivity index (χ3v) is 10.4. The molecular formula is C53H38. The summed E-state index contributed by atoms with van der Waals surface area (Å²) >= 11 is 0. The van der Waals surface area contributed by atoms with Crippen LogP contribution in [-0.4, -0.2) is 0 Å². The molecule has 0 saturated heterocycles. The molecular weight excluding hydrogens is 637 g/mol. The molecule has 0 nitrogen and oxygen atoms in total. The highest BCUT2D eigenvalue weighted by Gasteiger charge is 2.19. The van der Waals surface area contributed by atoms with E-state index in [9.17, 15) is 0 Å². The predicted octanol–water partition coefficient (Wildman–Crippen LogP) is 15.3. The molecule has 0 aliphatic carbocycles. The maximum atomic E-state index is 3.36. The second-order valence-electron chi connectivity index (χ2n) is 13.7. The van der Waals surface area contributed by atoms with E-state index >= 15 is 0 Å². The molecule has 0 amide bonds. The lowest BCUT2D eigenvalue weighted by molar-refractivity contribution is 1.61. The largest absolute Gasteiger partial charge is 0.103 e. The Morgan fingerprint density at radius 2 is 0.623 bits per heavy atom. The molecule has 0 heterocycles. The lowest BCUT2D eigenvalue weighted by Gasteiger charge is -2.20. The molecule has 10 aromatic rings. The molecule has 10 aromatic carbocycles. The molecule has 0 heteroatoms. The van der Waals surface area contributed by atoms with Crippen LogP contribution in [-0.2, 0) is 0 Å². The molecule has 0 aliphatic heterocycles. The van der Waals surface area contributed by atoms with Gasteiger partial charge in [0.15, 0.2) is 0 Å². The number of hydrogen-bond donors (Lipinski definition) is 0. The van der Waals surface area contributed by atoms with Crippen LogP contribution in [0.2, 0.25) is 0 Å². The summed E-state index contributed by atoms with van der Waals surface area (Å²) in [5.41, 5.74) is 9.90. The van der Waals surface area contributed by atoms with Crippen molar-refractivity contribution >= 4 is 53.9 Å². The molecule has 0 atom stereocenters. The Bertz CT molecular complexity index is 2920. The van der Waals surface area contributed by atoms with Crippen molar-refractivity contribution in [2.24, 2.45) is 0 Å². The maximum absolute atomic E-state index is 3.36. The fourth-order valence-electron chi connectivity index (χ4n) is 7.95. The molecule has 250 valence electrons. The molecule has 0 N–H and O–H groups in total. The van der Waals surface area contributed by atoms with Gasteiger partial charge in [0.25, 0.3) is 0 Å². The minimum atomic E-state index is 1.22. The lowest BCUT2D eigenvalue weighted by atomic mass is 9.83. The number of fused-ring (bicyclic) bond motifs is 6. The zero-order valence-electron chi connectivity index (χ0n) is 29.8. The lowest BCUT2D eigenvalue weighted by Crippen LogP contribution is -1.93. The first-order chi connectivity index (χ1) is 26.2. The van der Waals surface area contributed by atoms with Crippen LogP contribution in [0.15, 0.2) is 207 Å². The summed E-state index contributed by atoms with van der Waals surface area (Å²) in [5.74, 6) is 0. The zero-order valence-corrected chi connectivity index (χ0v) is 29.8. The molecule has 0 unspecified atom stereocenters. The quantitative estimate of drug-likeness (QED) is 0.0990. The van der Waals surface area contributed by atoms with Gasteiger partial charge >= 0.3 is 0 Å². The molecule has 0 fully saturated rings. The smallest absolute Gasteiger partial charge is 0.00259 e. The van der Waals surface area contributed by atoms with Crippen LogP contribution in [0.5, 0.6) is 0 Å². The fourth-order valence-corrected chi connectivity index (χ4v) is 7.95. The Kier molecular flexibility index (Phi) is 8.35. The normalized spacial score (nSPS) is 11.2. The van der Waals surface area contributed by atoms with Gasteiger partial charge in [-0.25, -0.2) is 0 Å². The number of hydrogen-bond acceptors (Lipinski definition) is 0. The van der Waals surface area contributed by atoms with E-state index < -0.39 is 0 Å². The van der Waals surface area contributed by atoms with E-state index in [4.69, 9.17) is 0 Å². The number of allylic oxidation sites excluding steroid dienone is 1. The van der Waals surface area contributed by atoms with E-state index in [1.54, 1.807) is 6.08 Å². The molecule has 0 radical (unpaired) electrons. The van der Waals surface area contributed by atoms with Crippen LogP contribution in [0, 0.1) is 0 Å². The Morgan fingerprint density at radius 3 is 1.11 bits per heavy atom. The predicted molar refractivity (Wildman–Crippen MR) is 232 cm³/mol. The van der Waals surface area contributed by atoms with Crippen molar-refractivity contribution in [3.63, 3.8) is 0 Å². The molecule has 53 heavy (non-hydrogen) atoms. The van der Waals surface area contributed by atoms with Crippen LogP contribution in [0.4, 0.5) is 0 Å². The minimum Gasteiger partial charge on any atom is -0.103 e. The van der Waals surface area contributed by atoms with Gasteiger partial charge in [-0.15, -0.1) is 6.58 Å². The highest BCUT2D eigenvalue weighted by atomic mass is 14.2. The summed E-state index contributed by atoms with van der Waals surface area (Å²) in [6, 6.07) is 71.4. The Balaban J connectivity index is 0.00000120. The van der Waals surface area contributed by atoms with Gasteiger partial charge in [0, 0.05) is 0 Å². The van der Waals surface area contributed by atoms with E-state index in [0.29, 0.717) is 0 Å². The number of benzene rings is 10. The van der Waals surface area contributed by atoms with Gasteiger partial charge in [-0.05, 0) is 130 Å². The highest BCUT2D eigenvalue weighted by Crippen LogP contribution is 2.47. The highest BCUT2D eigenvalue weighted by molar-refractivity contribution is 6.27. The fraction of sp³-hybridized carbons (Fsp3) is 0.0189. The minimum absolute atomic E-state index is 1.22. The maximum Gasteiger partial charge on any atom is -0.00259 e. The molecule has 0 spiro atoms. The second-order valence-corrected chi connectivity index (χ2v) is 13.7. The second kappa shape index (κ2) is 13.8. The van der Waals surface area contributed by atoms with Crippen LogP contribution in [0.1, 0.15) is 6.92 Å². The summed E-state index contributed by atoms with van der Waals surface area (Å²) in [4.78, 5) is 0. The molecule has 0 aromatic heterocycles. The Morgan fingerprint density at radius 1 is 0.283 bits per heavy atom. The van der Waals surface area contributed by atoms with Crippen molar-refractivity contribution < 1.29 is 0 Å². The summed E-state index contributed by atoms with van der Waals surface area (Å²) in [7, 11) is 0. The first kappa shape index (κ1) is 32.2. The number of rotatable bonds is 4. The van der Waals surface area contributed by atoms with Gasteiger partial charge in [-0.1, -0.05) is 176 Å². The van der Waals surface area contributed by atoms with Crippen molar-refractivity contribution in [3.8, 4) is 44.5 Å². The van der Waals surface area contributed by atoms with Crippen LogP contribution in [0.25, 0.3) is 98.4 Å². The van der Waals surface area contributed by atoms with E-state index in [1.165, 1.54) is 98.4 Å². The van der Waals surface area contributed by atoms with E-state index in [2.05, 4.69) is 201 Å². The topological polar surface area (TPSA) is 0 Å². The SMILES string of the molecule is C=CC.c1ccc(-c2ccc(-c3c4cc5ccccc5cc4c(-c4ccc(-c5ccccc5)cc4)c4cc5c(ccc6ccccc65)cc34)cc2)cc1. The van der Waals surface area contributed by atoms with Crippen molar-refractivity contribution in [3.05, 3.63) is 207 Å². The van der Waals surface area contributed by atoms with Crippen molar-refractivity contribution in [1.29, 1.82) is 0 Å². The van der Waals surface area contributed by atoms with Gasteiger partial charge < -0.3 is 0 Å². The summed E-state index contributed by atoms with van der Waals surface area (Å²) in [6.07, 6.45) is 1.75. The van der Waals surface area contributed by atoms with Gasteiger partial charge in [0.05, 0.1) is 0 Å².